The van der Waals surface area contributed by atoms with Crippen LogP contribution >= 0.6 is 11.8 Å². The van der Waals surface area contributed by atoms with E-state index in [0.717, 1.165) is 19.4 Å². The Kier molecular flexibility index (Phi) is 5.44. The van der Waals surface area contributed by atoms with Crippen molar-refractivity contribution in [3.8, 4) is 0 Å². The monoisotopic (exact) mass is 369 g/mol. The van der Waals surface area contributed by atoms with Crippen LogP contribution < -0.4 is 0 Å². The zero-order chi connectivity index (χ0) is 18.8. The third-order valence-corrected chi connectivity index (χ3v) is 6.89. The molecule has 3 nitrogen and oxygen atoms in total. The van der Waals surface area contributed by atoms with Gasteiger partial charge in [0.2, 0.25) is 0 Å². The number of hydrogen-bond acceptors (Lipinski definition) is 3. The smallest absolute Gasteiger partial charge is 0.317 e. The molecule has 0 saturated heterocycles. The van der Waals surface area contributed by atoms with Crippen molar-refractivity contribution >= 4 is 17.7 Å². The Morgan fingerprint density at radius 2 is 1.65 bits per heavy atom. The van der Waals surface area contributed by atoms with Gasteiger partial charge in [0.15, 0.2) is 0 Å². The summed E-state index contributed by atoms with van der Waals surface area (Å²) < 4.78 is -0.0230. The maximum Gasteiger partial charge on any atom is 0.317 e. The van der Waals surface area contributed by atoms with Gasteiger partial charge < -0.3 is 5.11 Å². The van der Waals surface area contributed by atoms with Gasteiger partial charge in [-0.05, 0) is 57.0 Å². The minimum absolute atomic E-state index is 0.0550. The molecule has 0 fully saturated rings. The lowest BCUT2D eigenvalue weighted by molar-refractivity contribution is -0.137. The lowest BCUT2D eigenvalue weighted by atomic mass is 9.82. The lowest BCUT2D eigenvalue weighted by Crippen LogP contribution is -2.29. The quantitative estimate of drug-likeness (QED) is 0.767. The maximum atomic E-state index is 10.9. The number of benzene rings is 2. The van der Waals surface area contributed by atoms with Crippen LogP contribution in [0, 0.1) is 0 Å². The Hall–Kier alpha value is -1.78. The molecule has 1 heterocycles. The molecule has 0 amide bonds. The fraction of sp³-hybridized carbons (Fsp3) is 0.409. The van der Waals surface area contributed by atoms with Gasteiger partial charge in [-0.15, -0.1) is 11.8 Å². The summed E-state index contributed by atoms with van der Waals surface area (Å²) in [7, 11) is 1.88. The summed E-state index contributed by atoms with van der Waals surface area (Å²) >= 11 is 2.03. The molecular formula is C22H27NO2S. The van der Waals surface area contributed by atoms with Gasteiger partial charge in [0.1, 0.15) is 0 Å². The van der Waals surface area contributed by atoms with Gasteiger partial charge in [-0.3, -0.25) is 9.69 Å². The first-order valence-electron chi connectivity index (χ1n) is 9.11. The van der Waals surface area contributed by atoms with Crippen molar-refractivity contribution in [3.63, 3.8) is 0 Å². The first-order chi connectivity index (χ1) is 12.3. The first kappa shape index (κ1) is 19.0. The van der Waals surface area contributed by atoms with E-state index in [2.05, 4.69) is 68.4 Å². The largest absolute Gasteiger partial charge is 0.480 e. The van der Waals surface area contributed by atoms with Crippen molar-refractivity contribution in [1.29, 1.82) is 0 Å². The molecule has 0 aromatic heterocycles. The van der Waals surface area contributed by atoms with Gasteiger partial charge in [-0.2, -0.15) is 0 Å². The van der Waals surface area contributed by atoms with Crippen LogP contribution in [0.5, 0.6) is 0 Å². The number of carbonyl (C=O) groups is 1. The number of fused-ring (bicyclic) bond motifs is 1. The standard InChI is InChI=1S/C22H27NO2S/c1-21(2)18-12-7-8-13-19(18)22(26-21,17-10-5-4-6-11-17)14-9-15-23(3)16-20(24)25/h4-8,10-13H,9,14-16H2,1-3H3,(H,24,25). The Labute approximate surface area is 160 Å². The van der Waals surface area contributed by atoms with Crippen LogP contribution in [0.3, 0.4) is 0 Å². The van der Waals surface area contributed by atoms with Crippen molar-refractivity contribution in [1.82, 2.24) is 4.90 Å². The van der Waals surface area contributed by atoms with E-state index < -0.39 is 5.97 Å². The molecule has 1 aliphatic rings. The van der Waals surface area contributed by atoms with E-state index in [4.69, 9.17) is 5.11 Å². The number of nitrogens with zero attached hydrogens (tertiary/aromatic N) is 1. The molecule has 0 saturated carbocycles. The number of carboxylic acids is 1. The molecule has 0 radical (unpaired) electrons. The second-order valence-electron chi connectivity index (χ2n) is 7.59. The van der Waals surface area contributed by atoms with E-state index >= 15 is 0 Å². The van der Waals surface area contributed by atoms with Gasteiger partial charge in [-0.25, -0.2) is 0 Å². The highest BCUT2D eigenvalue weighted by atomic mass is 32.2. The molecule has 0 bridgehead atoms. The van der Waals surface area contributed by atoms with Crippen molar-refractivity contribution in [2.24, 2.45) is 0 Å². The molecule has 0 spiro atoms. The number of likely N-dealkylation sites (N-methyl/N-ethyl adjacent to an activating group) is 1. The van der Waals surface area contributed by atoms with Crippen LogP contribution in [-0.4, -0.2) is 36.1 Å². The predicted molar refractivity (Wildman–Crippen MR) is 109 cm³/mol. The fourth-order valence-electron chi connectivity index (χ4n) is 4.07. The summed E-state index contributed by atoms with van der Waals surface area (Å²) in [5, 5.41) is 8.98. The average molecular weight is 370 g/mol. The second kappa shape index (κ2) is 7.45. The minimum atomic E-state index is -0.771. The summed E-state index contributed by atoms with van der Waals surface area (Å²) in [5.41, 5.74) is 4.15. The molecule has 1 atom stereocenters. The number of aliphatic carboxylic acids is 1. The summed E-state index contributed by atoms with van der Waals surface area (Å²) in [6, 6.07) is 19.5. The van der Waals surface area contributed by atoms with Crippen LogP contribution in [0.2, 0.25) is 0 Å². The Balaban J connectivity index is 1.92. The summed E-state index contributed by atoms with van der Waals surface area (Å²) in [6.07, 6.45) is 1.95. The molecule has 4 heteroatoms. The molecule has 1 N–H and O–H groups in total. The number of hydrogen-bond donors (Lipinski definition) is 1. The first-order valence-corrected chi connectivity index (χ1v) is 9.93. The van der Waals surface area contributed by atoms with E-state index in [1.165, 1.54) is 16.7 Å². The van der Waals surface area contributed by atoms with Crippen molar-refractivity contribution in [2.75, 3.05) is 20.1 Å². The number of rotatable bonds is 7. The van der Waals surface area contributed by atoms with E-state index in [0.29, 0.717) is 0 Å². The second-order valence-corrected chi connectivity index (χ2v) is 9.51. The Bertz CT molecular complexity index is 775. The highest BCUT2D eigenvalue weighted by molar-refractivity contribution is 8.01. The third-order valence-electron chi connectivity index (χ3n) is 5.15. The molecule has 1 aliphatic heterocycles. The summed E-state index contributed by atoms with van der Waals surface area (Å²) in [6.45, 7) is 5.48. The SMILES string of the molecule is CN(CCCC1(c2ccccc2)SC(C)(C)c2ccccc21)CC(=O)O. The molecule has 2 aromatic rings. The maximum absolute atomic E-state index is 10.9. The lowest BCUT2D eigenvalue weighted by Gasteiger charge is -2.33. The predicted octanol–water partition coefficient (Wildman–Crippen LogP) is 4.71. The number of carboxylic acid groups (broad SMARTS) is 1. The van der Waals surface area contributed by atoms with Crippen LogP contribution in [0.25, 0.3) is 0 Å². The molecule has 138 valence electrons. The topological polar surface area (TPSA) is 40.5 Å². The molecule has 0 aliphatic carbocycles. The average Bonchev–Trinajstić information content (AvgIpc) is 2.84. The highest BCUT2D eigenvalue weighted by Crippen LogP contribution is 2.62. The van der Waals surface area contributed by atoms with Crippen LogP contribution in [-0.2, 0) is 14.3 Å². The molecule has 1 unspecified atom stereocenters. The zero-order valence-electron chi connectivity index (χ0n) is 15.7. The van der Waals surface area contributed by atoms with Gasteiger partial charge >= 0.3 is 5.97 Å². The van der Waals surface area contributed by atoms with E-state index in [1.54, 1.807) is 0 Å². The molecule has 3 rings (SSSR count). The highest BCUT2D eigenvalue weighted by Gasteiger charge is 2.48. The normalized spacial score (nSPS) is 20.9. The minimum Gasteiger partial charge on any atom is -0.480 e. The molecule has 2 aromatic carbocycles. The fourth-order valence-corrected chi connectivity index (χ4v) is 6.01. The van der Waals surface area contributed by atoms with Gasteiger partial charge in [0.25, 0.3) is 0 Å². The Morgan fingerprint density at radius 1 is 1.04 bits per heavy atom. The van der Waals surface area contributed by atoms with Gasteiger partial charge in [0.05, 0.1) is 11.3 Å². The van der Waals surface area contributed by atoms with Crippen LogP contribution in [0.1, 0.15) is 43.4 Å². The van der Waals surface area contributed by atoms with Crippen LogP contribution in [0.15, 0.2) is 54.6 Å². The Morgan fingerprint density at radius 3 is 2.31 bits per heavy atom. The van der Waals surface area contributed by atoms with Crippen LogP contribution in [0.4, 0.5) is 0 Å². The van der Waals surface area contributed by atoms with Gasteiger partial charge in [0, 0.05) is 4.75 Å². The van der Waals surface area contributed by atoms with Crippen molar-refractivity contribution in [2.45, 2.75) is 36.2 Å². The number of thioether (sulfide) groups is 1. The molecule has 26 heavy (non-hydrogen) atoms. The van der Waals surface area contributed by atoms with E-state index in [1.807, 2.05) is 23.7 Å². The van der Waals surface area contributed by atoms with Crippen molar-refractivity contribution in [3.05, 3.63) is 71.3 Å². The van der Waals surface area contributed by atoms with Crippen molar-refractivity contribution < 1.29 is 9.90 Å². The van der Waals surface area contributed by atoms with E-state index in [-0.39, 0.29) is 16.0 Å². The molecular weight excluding hydrogens is 342 g/mol. The van der Waals surface area contributed by atoms with Gasteiger partial charge in [-0.1, -0.05) is 54.6 Å². The van der Waals surface area contributed by atoms with E-state index in [9.17, 15) is 4.79 Å². The summed E-state index contributed by atoms with van der Waals surface area (Å²) in [4.78, 5) is 12.8. The zero-order valence-corrected chi connectivity index (χ0v) is 16.6. The summed E-state index contributed by atoms with van der Waals surface area (Å²) in [5.74, 6) is -0.771. The third kappa shape index (κ3) is 3.67.